The number of carbonyl (C=O) groups is 1. The van der Waals surface area contributed by atoms with Gasteiger partial charge in [-0.15, -0.1) is 0 Å². The molecule has 0 aliphatic carbocycles. The maximum absolute atomic E-state index is 12.7. The summed E-state index contributed by atoms with van der Waals surface area (Å²) in [4.78, 5) is 25.1. The first-order chi connectivity index (χ1) is 13.3. The third-order valence-electron chi connectivity index (χ3n) is 3.97. The SMILES string of the molecule is O=C(Cc1ccc(C(F)(F)F)cc1[N+](=O)[O-])N/N=C/c1c[nH]c2ccccc12. The Morgan fingerprint density at radius 3 is 2.71 bits per heavy atom. The van der Waals surface area contributed by atoms with Crippen molar-refractivity contribution in [3.05, 3.63) is 75.5 Å². The van der Waals surface area contributed by atoms with Gasteiger partial charge in [0.15, 0.2) is 0 Å². The molecule has 0 aliphatic heterocycles. The highest BCUT2D eigenvalue weighted by molar-refractivity contribution is 5.99. The van der Waals surface area contributed by atoms with Gasteiger partial charge in [-0.2, -0.15) is 18.3 Å². The number of alkyl halides is 3. The summed E-state index contributed by atoms with van der Waals surface area (Å²) in [5.41, 5.74) is 1.76. The number of halogens is 3. The molecular weight excluding hydrogens is 377 g/mol. The number of aromatic amines is 1. The summed E-state index contributed by atoms with van der Waals surface area (Å²) in [6.45, 7) is 0. The molecule has 7 nitrogen and oxygen atoms in total. The van der Waals surface area contributed by atoms with Gasteiger partial charge >= 0.3 is 6.18 Å². The van der Waals surface area contributed by atoms with Gasteiger partial charge in [0.25, 0.3) is 5.69 Å². The number of H-pyrrole nitrogens is 1. The summed E-state index contributed by atoms with van der Waals surface area (Å²) in [7, 11) is 0. The first-order valence-electron chi connectivity index (χ1n) is 7.98. The fraction of sp³-hybridized carbons (Fsp3) is 0.111. The monoisotopic (exact) mass is 390 g/mol. The Balaban J connectivity index is 1.71. The summed E-state index contributed by atoms with van der Waals surface area (Å²) in [6, 6.07) is 9.47. The lowest BCUT2D eigenvalue weighted by Gasteiger charge is -2.08. The lowest BCUT2D eigenvalue weighted by Crippen LogP contribution is -2.20. The Labute approximate surface area is 156 Å². The molecule has 0 bridgehead atoms. The van der Waals surface area contributed by atoms with Gasteiger partial charge in [-0.25, -0.2) is 5.43 Å². The molecule has 1 aromatic heterocycles. The van der Waals surface area contributed by atoms with Crippen molar-refractivity contribution in [3.8, 4) is 0 Å². The van der Waals surface area contributed by atoms with E-state index in [2.05, 4.69) is 15.5 Å². The summed E-state index contributed by atoms with van der Waals surface area (Å²) >= 11 is 0. The summed E-state index contributed by atoms with van der Waals surface area (Å²) in [5.74, 6) is -0.695. The van der Waals surface area contributed by atoms with Gasteiger partial charge in [0.05, 0.1) is 23.1 Å². The number of hydrazone groups is 1. The number of nitrogens with zero attached hydrogens (tertiary/aromatic N) is 2. The molecule has 144 valence electrons. The van der Waals surface area contributed by atoms with E-state index in [1.807, 2.05) is 24.3 Å². The molecule has 1 heterocycles. The normalized spacial score (nSPS) is 11.8. The molecule has 28 heavy (non-hydrogen) atoms. The van der Waals surface area contributed by atoms with Crippen LogP contribution in [0.2, 0.25) is 0 Å². The number of hydrogen-bond acceptors (Lipinski definition) is 4. The largest absolute Gasteiger partial charge is 0.416 e. The molecule has 3 rings (SSSR count). The highest BCUT2D eigenvalue weighted by atomic mass is 19.4. The molecule has 0 aliphatic rings. The molecule has 2 N–H and O–H groups in total. The molecule has 2 aromatic carbocycles. The van der Waals surface area contributed by atoms with Crippen LogP contribution >= 0.6 is 0 Å². The Hall–Kier alpha value is -3.69. The average molecular weight is 390 g/mol. The zero-order valence-corrected chi connectivity index (χ0v) is 14.2. The molecule has 0 fully saturated rings. The second-order valence-corrected chi connectivity index (χ2v) is 5.86. The van der Waals surface area contributed by atoms with Crippen LogP contribution in [0.1, 0.15) is 16.7 Å². The van der Waals surface area contributed by atoms with Gasteiger partial charge in [0.1, 0.15) is 0 Å². The summed E-state index contributed by atoms with van der Waals surface area (Å²) in [6.07, 6.45) is -2.10. The predicted octanol–water partition coefficient (Wildman–Crippen LogP) is 3.79. The van der Waals surface area contributed by atoms with Crippen LogP contribution in [-0.4, -0.2) is 22.0 Å². The second kappa shape index (κ2) is 7.51. The number of carbonyl (C=O) groups excluding carboxylic acids is 1. The number of nitrogens with one attached hydrogen (secondary N) is 2. The van der Waals surface area contributed by atoms with Gasteiger partial charge in [-0.3, -0.25) is 14.9 Å². The number of amides is 1. The summed E-state index contributed by atoms with van der Waals surface area (Å²) in [5, 5.41) is 15.7. The Morgan fingerprint density at radius 1 is 1.25 bits per heavy atom. The van der Waals surface area contributed by atoms with E-state index >= 15 is 0 Å². The van der Waals surface area contributed by atoms with Crippen molar-refractivity contribution in [2.45, 2.75) is 12.6 Å². The zero-order valence-electron chi connectivity index (χ0n) is 14.2. The van der Waals surface area contributed by atoms with E-state index in [1.165, 1.54) is 6.21 Å². The minimum Gasteiger partial charge on any atom is -0.361 e. The van der Waals surface area contributed by atoms with Gasteiger partial charge in [0, 0.05) is 34.3 Å². The van der Waals surface area contributed by atoms with E-state index in [9.17, 15) is 28.1 Å². The highest BCUT2D eigenvalue weighted by Gasteiger charge is 2.33. The minimum absolute atomic E-state index is 0.141. The van der Waals surface area contributed by atoms with Crippen molar-refractivity contribution >= 4 is 28.7 Å². The van der Waals surface area contributed by atoms with E-state index in [4.69, 9.17) is 0 Å². The smallest absolute Gasteiger partial charge is 0.361 e. The van der Waals surface area contributed by atoms with Crippen molar-refractivity contribution in [1.82, 2.24) is 10.4 Å². The van der Waals surface area contributed by atoms with Crippen LogP contribution in [0.3, 0.4) is 0 Å². The van der Waals surface area contributed by atoms with Crippen molar-refractivity contribution < 1.29 is 22.9 Å². The standard InChI is InChI=1S/C18H13F3N4O3/c19-18(20,21)13-6-5-11(16(8-13)25(27)28)7-17(26)24-23-10-12-9-22-15-4-2-1-3-14(12)15/h1-6,8-10,22H,7H2,(H,24,26)/b23-10+. The molecular formula is C18H13F3N4O3. The fourth-order valence-electron chi connectivity index (χ4n) is 2.65. The van der Waals surface area contributed by atoms with E-state index in [0.29, 0.717) is 12.1 Å². The topological polar surface area (TPSA) is 100 Å². The molecule has 3 aromatic rings. The quantitative estimate of drug-likeness (QED) is 0.394. The van der Waals surface area contributed by atoms with Crippen LogP contribution in [0.5, 0.6) is 0 Å². The molecule has 0 atom stereocenters. The Bertz CT molecular complexity index is 1070. The van der Waals surface area contributed by atoms with E-state index in [1.54, 1.807) is 6.20 Å². The maximum atomic E-state index is 12.7. The maximum Gasteiger partial charge on any atom is 0.416 e. The fourth-order valence-corrected chi connectivity index (χ4v) is 2.65. The first kappa shape index (κ1) is 19.1. The highest BCUT2D eigenvalue weighted by Crippen LogP contribution is 2.33. The molecule has 0 saturated heterocycles. The molecule has 0 radical (unpaired) electrons. The van der Waals surface area contributed by atoms with Crippen molar-refractivity contribution in [2.24, 2.45) is 5.10 Å². The Kier molecular flexibility index (Phi) is 5.12. The molecule has 10 heteroatoms. The van der Waals surface area contributed by atoms with Gasteiger partial charge in [-0.05, 0) is 12.1 Å². The minimum atomic E-state index is -4.71. The first-order valence-corrected chi connectivity index (χ1v) is 7.98. The number of rotatable bonds is 5. The Morgan fingerprint density at radius 2 is 2.00 bits per heavy atom. The van der Waals surface area contributed by atoms with Crippen LogP contribution < -0.4 is 5.43 Å². The van der Waals surface area contributed by atoms with Crippen LogP contribution in [0.25, 0.3) is 10.9 Å². The number of fused-ring (bicyclic) bond motifs is 1. The number of benzene rings is 2. The van der Waals surface area contributed by atoms with Crippen molar-refractivity contribution in [3.63, 3.8) is 0 Å². The average Bonchev–Trinajstić information content (AvgIpc) is 3.04. The third kappa shape index (κ3) is 4.17. The van der Waals surface area contributed by atoms with E-state index < -0.39 is 34.7 Å². The van der Waals surface area contributed by atoms with Crippen LogP contribution in [0.4, 0.5) is 18.9 Å². The molecule has 0 saturated carbocycles. The number of nitro benzene ring substituents is 1. The number of para-hydroxylation sites is 1. The third-order valence-corrected chi connectivity index (χ3v) is 3.97. The second-order valence-electron chi connectivity index (χ2n) is 5.86. The van der Waals surface area contributed by atoms with E-state index in [0.717, 1.165) is 22.5 Å². The van der Waals surface area contributed by atoms with Crippen LogP contribution in [0, 0.1) is 10.1 Å². The van der Waals surface area contributed by atoms with Crippen molar-refractivity contribution in [1.29, 1.82) is 0 Å². The van der Waals surface area contributed by atoms with Crippen LogP contribution in [-0.2, 0) is 17.4 Å². The van der Waals surface area contributed by atoms with Crippen LogP contribution in [0.15, 0.2) is 53.8 Å². The predicted molar refractivity (Wildman–Crippen MR) is 95.8 cm³/mol. The summed E-state index contributed by atoms with van der Waals surface area (Å²) < 4.78 is 38.1. The van der Waals surface area contributed by atoms with E-state index in [-0.39, 0.29) is 5.56 Å². The van der Waals surface area contributed by atoms with Gasteiger partial charge < -0.3 is 4.98 Å². The number of aromatic nitrogens is 1. The van der Waals surface area contributed by atoms with Gasteiger partial charge in [0.2, 0.25) is 5.91 Å². The van der Waals surface area contributed by atoms with Crippen molar-refractivity contribution in [2.75, 3.05) is 0 Å². The molecule has 1 amide bonds. The molecule has 0 spiro atoms. The number of hydrogen-bond donors (Lipinski definition) is 2. The number of nitro groups is 1. The zero-order chi connectivity index (χ0) is 20.3. The van der Waals surface area contributed by atoms with Gasteiger partial charge in [-0.1, -0.05) is 24.3 Å². The lowest BCUT2D eigenvalue weighted by molar-refractivity contribution is -0.385. The molecule has 0 unspecified atom stereocenters. The lowest BCUT2D eigenvalue weighted by atomic mass is 10.1.